The number of carboxylic acids is 1. The monoisotopic (exact) mass is 466 g/mol. The van der Waals surface area contributed by atoms with Gasteiger partial charge in [0, 0.05) is 37.3 Å². The molecule has 0 radical (unpaired) electrons. The first kappa shape index (κ1) is 21.8. The van der Waals surface area contributed by atoms with Gasteiger partial charge in [-0.15, -0.1) is 11.3 Å². The summed E-state index contributed by atoms with van der Waals surface area (Å²) in [6.07, 6.45) is 9.70. The molecule has 1 saturated carbocycles. The lowest BCUT2D eigenvalue weighted by Crippen LogP contribution is -2.51. The molecule has 0 amide bonds. The van der Waals surface area contributed by atoms with Crippen LogP contribution in [0.15, 0.2) is 28.6 Å². The molecule has 0 spiro atoms. The Balaban J connectivity index is 1.42. The number of aromatic nitrogens is 3. The summed E-state index contributed by atoms with van der Waals surface area (Å²) in [5, 5.41) is 12.1. The topological polar surface area (TPSA) is 105 Å². The van der Waals surface area contributed by atoms with Gasteiger partial charge in [0.2, 0.25) is 5.43 Å². The molecule has 0 unspecified atom stereocenters. The average Bonchev–Trinajstić information content (AvgIpc) is 3.45. The second-order valence-corrected chi connectivity index (χ2v) is 9.99. The van der Waals surface area contributed by atoms with Crippen molar-refractivity contribution in [2.75, 3.05) is 18.0 Å². The molecule has 1 N–H and O–H groups in total. The number of nitrogens with zero attached hydrogens (tertiary/aromatic N) is 4. The molecule has 0 atom stereocenters. The number of hydrogen-bond donors (Lipinski definition) is 1. The molecule has 0 aromatic carbocycles. The van der Waals surface area contributed by atoms with Crippen molar-refractivity contribution in [1.82, 2.24) is 14.5 Å². The Kier molecular flexibility index (Phi) is 5.74. The van der Waals surface area contributed by atoms with E-state index in [9.17, 15) is 19.5 Å². The summed E-state index contributed by atoms with van der Waals surface area (Å²) < 4.78 is 1.57. The normalized spacial score (nSPS) is 16.9. The third kappa shape index (κ3) is 4.06. The lowest BCUT2D eigenvalue weighted by Gasteiger charge is -2.39. The maximum atomic E-state index is 12.9. The van der Waals surface area contributed by atoms with E-state index in [4.69, 9.17) is 4.98 Å². The Hall–Kier alpha value is -3.07. The Labute approximate surface area is 194 Å². The van der Waals surface area contributed by atoms with Crippen molar-refractivity contribution < 1.29 is 14.7 Å². The van der Waals surface area contributed by atoms with Gasteiger partial charge in [0.1, 0.15) is 17.2 Å². The summed E-state index contributed by atoms with van der Waals surface area (Å²) >= 11 is 1.34. The highest BCUT2D eigenvalue weighted by Crippen LogP contribution is 2.32. The van der Waals surface area contributed by atoms with Crippen LogP contribution >= 0.6 is 11.3 Å². The molecule has 1 saturated heterocycles. The second kappa shape index (κ2) is 8.70. The number of carbonyl (C=O) groups is 2. The fraction of sp³-hybridized carbons (Fsp3) is 0.458. The van der Waals surface area contributed by atoms with Crippen molar-refractivity contribution in [1.29, 1.82) is 0 Å². The Morgan fingerprint density at radius 3 is 2.67 bits per heavy atom. The van der Waals surface area contributed by atoms with E-state index < -0.39 is 11.4 Å². The number of anilines is 1. The van der Waals surface area contributed by atoms with Gasteiger partial charge in [-0.25, -0.2) is 14.8 Å². The molecule has 2 fully saturated rings. The highest BCUT2D eigenvalue weighted by Gasteiger charge is 2.34. The fourth-order valence-corrected chi connectivity index (χ4v) is 5.61. The first-order chi connectivity index (χ1) is 15.9. The molecule has 172 valence electrons. The highest BCUT2D eigenvalue weighted by molar-refractivity contribution is 7.12. The number of rotatable bonds is 7. The summed E-state index contributed by atoms with van der Waals surface area (Å²) in [5.41, 5.74) is 0.174. The van der Waals surface area contributed by atoms with E-state index in [0.29, 0.717) is 53.4 Å². The zero-order chi connectivity index (χ0) is 23.1. The molecule has 9 heteroatoms. The van der Waals surface area contributed by atoms with E-state index in [-0.39, 0.29) is 16.9 Å². The van der Waals surface area contributed by atoms with Crippen LogP contribution in [0.25, 0.3) is 16.2 Å². The van der Waals surface area contributed by atoms with Gasteiger partial charge in [0.15, 0.2) is 10.8 Å². The number of carboxylic acid groups (broad SMARTS) is 1. The van der Waals surface area contributed by atoms with Crippen molar-refractivity contribution in [3.8, 4) is 5.13 Å². The Morgan fingerprint density at radius 1 is 1.24 bits per heavy atom. The minimum atomic E-state index is -1.28. The predicted molar refractivity (Wildman–Crippen MR) is 127 cm³/mol. The van der Waals surface area contributed by atoms with Crippen molar-refractivity contribution >= 4 is 39.9 Å². The summed E-state index contributed by atoms with van der Waals surface area (Å²) in [6.45, 7) is 3.03. The van der Waals surface area contributed by atoms with Gasteiger partial charge in [-0.1, -0.05) is 25.7 Å². The SMILES string of the molecule is Cc1cc(N2CC(C(=O)CCC3CCCC3)C2)nc2c1c(=O)c(C(=O)O)cn2-c1nccs1. The van der Waals surface area contributed by atoms with Crippen LogP contribution in [-0.2, 0) is 4.79 Å². The van der Waals surface area contributed by atoms with Gasteiger partial charge >= 0.3 is 5.97 Å². The molecular formula is C24H26N4O4S. The zero-order valence-electron chi connectivity index (χ0n) is 18.5. The van der Waals surface area contributed by atoms with Crippen LogP contribution in [-0.4, -0.2) is 44.5 Å². The second-order valence-electron chi connectivity index (χ2n) is 9.12. The smallest absolute Gasteiger partial charge is 0.341 e. The fourth-order valence-electron chi connectivity index (χ4n) is 4.99. The Bertz CT molecular complexity index is 1270. The third-order valence-corrected chi connectivity index (χ3v) is 7.70. The summed E-state index contributed by atoms with van der Waals surface area (Å²) in [5.74, 6) is 0.486. The molecule has 2 aliphatic rings. The molecule has 0 bridgehead atoms. The largest absolute Gasteiger partial charge is 0.477 e. The first-order valence-electron chi connectivity index (χ1n) is 11.4. The number of aryl methyl sites for hydroxylation is 1. The number of fused-ring (bicyclic) bond motifs is 1. The molecule has 3 aromatic heterocycles. The molecular weight excluding hydrogens is 440 g/mol. The van der Waals surface area contributed by atoms with Crippen LogP contribution < -0.4 is 10.3 Å². The number of pyridine rings is 2. The standard InChI is InChI=1S/C24H26N4O4S/c1-14-10-19(27-11-16(12-27)18(29)7-6-15-4-2-3-5-15)26-22-20(14)21(30)17(23(31)32)13-28(22)24-25-8-9-33-24/h8-10,13,15-16H,2-7,11-12H2,1H3,(H,31,32). The number of Topliss-reactive ketones (excluding diaryl/α,β-unsaturated/α-hetero) is 1. The van der Waals surface area contributed by atoms with Gasteiger partial charge in [-0.05, 0) is 30.9 Å². The summed E-state index contributed by atoms with van der Waals surface area (Å²) in [6, 6.07) is 1.81. The van der Waals surface area contributed by atoms with E-state index in [1.165, 1.54) is 43.2 Å². The van der Waals surface area contributed by atoms with Gasteiger partial charge in [-0.3, -0.25) is 14.2 Å². The lowest BCUT2D eigenvalue weighted by atomic mass is 9.89. The van der Waals surface area contributed by atoms with Gasteiger partial charge in [0.05, 0.1) is 11.3 Å². The van der Waals surface area contributed by atoms with E-state index >= 15 is 0 Å². The van der Waals surface area contributed by atoms with Crippen molar-refractivity contribution in [2.45, 2.75) is 45.4 Å². The molecule has 5 rings (SSSR count). The van der Waals surface area contributed by atoms with E-state index in [1.807, 2.05) is 4.90 Å². The van der Waals surface area contributed by atoms with Crippen LogP contribution in [0, 0.1) is 18.8 Å². The van der Waals surface area contributed by atoms with Crippen LogP contribution in [0.4, 0.5) is 5.82 Å². The molecule has 8 nitrogen and oxygen atoms in total. The molecule has 3 aromatic rings. The van der Waals surface area contributed by atoms with Crippen LogP contribution in [0.3, 0.4) is 0 Å². The van der Waals surface area contributed by atoms with E-state index in [1.54, 1.807) is 29.1 Å². The maximum Gasteiger partial charge on any atom is 0.341 e. The number of carbonyl (C=O) groups excluding carboxylic acids is 1. The van der Waals surface area contributed by atoms with E-state index in [2.05, 4.69) is 4.98 Å². The quantitative estimate of drug-likeness (QED) is 0.564. The number of hydrogen-bond acceptors (Lipinski definition) is 7. The Morgan fingerprint density at radius 2 is 2.00 bits per heavy atom. The number of ketones is 1. The lowest BCUT2D eigenvalue weighted by molar-refractivity contribution is -0.123. The predicted octanol–water partition coefficient (Wildman–Crippen LogP) is 3.82. The first-order valence-corrected chi connectivity index (χ1v) is 12.3. The molecule has 4 heterocycles. The highest BCUT2D eigenvalue weighted by atomic mass is 32.1. The zero-order valence-corrected chi connectivity index (χ0v) is 19.3. The van der Waals surface area contributed by atoms with Crippen molar-refractivity contribution in [3.63, 3.8) is 0 Å². The van der Waals surface area contributed by atoms with Crippen LogP contribution in [0.5, 0.6) is 0 Å². The molecule has 1 aliphatic heterocycles. The third-order valence-electron chi connectivity index (χ3n) is 6.93. The van der Waals surface area contributed by atoms with Crippen LogP contribution in [0.1, 0.15) is 54.4 Å². The van der Waals surface area contributed by atoms with Gasteiger partial charge in [0.25, 0.3) is 0 Å². The summed E-state index contributed by atoms with van der Waals surface area (Å²) in [4.78, 5) is 48.3. The summed E-state index contributed by atoms with van der Waals surface area (Å²) in [7, 11) is 0. The van der Waals surface area contributed by atoms with Crippen molar-refractivity contribution in [2.24, 2.45) is 11.8 Å². The average molecular weight is 467 g/mol. The van der Waals surface area contributed by atoms with Gasteiger partial charge < -0.3 is 10.0 Å². The maximum absolute atomic E-state index is 12.9. The molecule has 1 aliphatic carbocycles. The molecule has 33 heavy (non-hydrogen) atoms. The van der Waals surface area contributed by atoms with Crippen molar-refractivity contribution in [3.05, 3.63) is 45.2 Å². The van der Waals surface area contributed by atoms with Gasteiger partial charge in [-0.2, -0.15) is 0 Å². The minimum Gasteiger partial charge on any atom is -0.477 e. The minimum absolute atomic E-state index is 0.0275. The number of thiazole rings is 1. The van der Waals surface area contributed by atoms with Crippen LogP contribution in [0.2, 0.25) is 0 Å². The van der Waals surface area contributed by atoms with E-state index in [0.717, 1.165) is 6.42 Å². The number of aromatic carboxylic acids is 1.